The van der Waals surface area contributed by atoms with E-state index < -0.39 is 11.6 Å². The number of nitrogens with one attached hydrogen (secondary N) is 1. The van der Waals surface area contributed by atoms with Gasteiger partial charge in [-0.25, -0.2) is 13.5 Å². The van der Waals surface area contributed by atoms with Crippen molar-refractivity contribution >= 4 is 5.91 Å². The smallest absolute Gasteiger partial charge is 0.271 e. The van der Waals surface area contributed by atoms with Crippen molar-refractivity contribution in [2.75, 3.05) is 6.54 Å². The second-order valence-electron chi connectivity index (χ2n) is 9.19. The summed E-state index contributed by atoms with van der Waals surface area (Å²) < 4.78 is 33.3. The van der Waals surface area contributed by atoms with Crippen LogP contribution in [0, 0.1) is 34.8 Å². The van der Waals surface area contributed by atoms with Gasteiger partial charge in [0.25, 0.3) is 5.91 Å². The van der Waals surface area contributed by atoms with E-state index in [-0.39, 0.29) is 23.8 Å². The molecular weight excluding hydrogens is 376 g/mol. The molecule has 1 amide bonds. The number of rotatable bonds is 6. The van der Waals surface area contributed by atoms with Gasteiger partial charge in [-0.3, -0.25) is 4.79 Å². The van der Waals surface area contributed by atoms with Crippen molar-refractivity contribution in [1.82, 2.24) is 15.1 Å². The first kappa shape index (κ1) is 18.6. The number of carbonyl (C=O) groups is 1. The Morgan fingerprint density at radius 1 is 1.14 bits per heavy atom. The topological polar surface area (TPSA) is 56.2 Å². The average Bonchev–Trinajstić information content (AvgIpc) is 3.13. The van der Waals surface area contributed by atoms with Crippen LogP contribution in [0.5, 0.6) is 5.75 Å². The molecule has 0 spiro atoms. The zero-order chi connectivity index (χ0) is 20.0. The minimum absolute atomic E-state index is 0.0604. The van der Waals surface area contributed by atoms with Gasteiger partial charge in [0.05, 0.1) is 0 Å². The first-order chi connectivity index (χ1) is 14.0. The lowest BCUT2D eigenvalue weighted by molar-refractivity contribution is -0.0503. The molecule has 2 aromatic rings. The van der Waals surface area contributed by atoms with Crippen molar-refractivity contribution < 1.29 is 18.3 Å². The van der Waals surface area contributed by atoms with Crippen molar-refractivity contribution in [2.45, 2.75) is 45.3 Å². The van der Waals surface area contributed by atoms with Crippen molar-refractivity contribution in [3.8, 4) is 5.75 Å². The highest BCUT2D eigenvalue weighted by molar-refractivity contribution is 5.92. The summed E-state index contributed by atoms with van der Waals surface area (Å²) in [5.41, 5.74) is 0.592. The lowest BCUT2D eigenvalue weighted by atomic mass is 9.49. The maximum Gasteiger partial charge on any atom is 0.271 e. The van der Waals surface area contributed by atoms with E-state index in [1.54, 1.807) is 12.3 Å². The Hall–Kier alpha value is -2.44. The molecule has 1 heterocycles. The van der Waals surface area contributed by atoms with E-state index in [4.69, 9.17) is 4.74 Å². The van der Waals surface area contributed by atoms with Gasteiger partial charge in [0, 0.05) is 18.8 Å². The molecule has 5 nitrogen and oxygen atoms in total. The minimum Gasteiger partial charge on any atom is -0.468 e. The molecule has 154 valence electrons. The molecule has 6 rings (SSSR count). The van der Waals surface area contributed by atoms with Crippen molar-refractivity contribution in [3.63, 3.8) is 0 Å². The fourth-order valence-corrected chi connectivity index (χ4v) is 6.15. The third-order valence-corrected chi connectivity index (χ3v) is 6.91. The summed E-state index contributed by atoms with van der Waals surface area (Å²) in [5, 5.41) is 7.32. The summed E-state index contributed by atoms with van der Waals surface area (Å²) >= 11 is 0. The number of hydrogen-bond donors (Lipinski definition) is 1. The molecule has 4 saturated carbocycles. The van der Waals surface area contributed by atoms with Crippen LogP contribution in [0.2, 0.25) is 0 Å². The van der Waals surface area contributed by atoms with Gasteiger partial charge in [-0.15, -0.1) is 0 Å². The van der Waals surface area contributed by atoms with Crippen LogP contribution in [0.3, 0.4) is 0 Å². The standard InChI is InChI=1S/C22H25F2N3O2/c23-17-1-2-20(18(24)8-17)29-13-27-4-3-19(26-27)21(28)25-12-22-9-14-5-15(10-22)7-16(6-14)11-22/h1-4,8,14-16H,5-7,9-13H2,(H,25,28). The van der Waals surface area contributed by atoms with E-state index in [1.165, 1.54) is 49.3 Å². The number of amides is 1. The van der Waals surface area contributed by atoms with Crippen LogP contribution in [0.15, 0.2) is 30.5 Å². The van der Waals surface area contributed by atoms with Gasteiger partial charge in [0.15, 0.2) is 18.3 Å². The monoisotopic (exact) mass is 401 g/mol. The summed E-state index contributed by atoms with van der Waals surface area (Å²) in [6.45, 7) is 0.657. The van der Waals surface area contributed by atoms with Gasteiger partial charge in [0.1, 0.15) is 11.5 Å². The van der Waals surface area contributed by atoms with E-state index >= 15 is 0 Å². The molecule has 0 atom stereocenters. The largest absolute Gasteiger partial charge is 0.468 e. The fraction of sp³-hybridized carbons (Fsp3) is 0.545. The number of benzene rings is 1. The number of nitrogens with zero attached hydrogens (tertiary/aromatic N) is 2. The van der Waals surface area contributed by atoms with E-state index in [0.29, 0.717) is 5.69 Å². The zero-order valence-electron chi connectivity index (χ0n) is 16.2. The predicted molar refractivity (Wildman–Crippen MR) is 102 cm³/mol. The molecule has 1 aromatic carbocycles. The molecule has 0 aliphatic heterocycles. The Labute approximate surface area is 168 Å². The molecule has 0 radical (unpaired) electrons. The highest BCUT2D eigenvalue weighted by atomic mass is 19.1. The predicted octanol–water partition coefficient (Wildman–Crippen LogP) is 4.14. The summed E-state index contributed by atoms with van der Waals surface area (Å²) in [6.07, 6.45) is 9.48. The van der Waals surface area contributed by atoms with Gasteiger partial charge in [-0.2, -0.15) is 5.10 Å². The molecule has 4 aliphatic rings. The Kier molecular flexibility index (Phi) is 4.56. The van der Waals surface area contributed by atoms with Crippen LogP contribution in [-0.4, -0.2) is 22.2 Å². The van der Waals surface area contributed by atoms with Gasteiger partial charge < -0.3 is 10.1 Å². The van der Waals surface area contributed by atoms with E-state index in [2.05, 4.69) is 10.4 Å². The lowest BCUT2D eigenvalue weighted by Gasteiger charge is -2.56. The van der Waals surface area contributed by atoms with Crippen molar-refractivity contribution in [3.05, 3.63) is 47.8 Å². The number of ether oxygens (including phenoxy) is 1. The van der Waals surface area contributed by atoms with E-state index in [1.807, 2.05) is 0 Å². The fourth-order valence-electron chi connectivity index (χ4n) is 6.15. The maximum absolute atomic E-state index is 13.6. The Morgan fingerprint density at radius 2 is 1.83 bits per heavy atom. The normalized spacial score (nSPS) is 29.8. The molecular formula is C22H25F2N3O2. The van der Waals surface area contributed by atoms with Gasteiger partial charge in [-0.05, 0) is 79.9 Å². The molecule has 0 unspecified atom stereocenters. The van der Waals surface area contributed by atoms with Crippen LogP contribution in [-0.2, 0) is 6.73 Å². The van der Waals surface area contributed by atoms with Crippen LogP contribution in [0.25, 0.3) is 0 Å². The molecule has 4 aliphatic carbocycles. The van der Waals surface area contributed by atoms with Crippen molar-refractivity contribution in [1.29, 1.82) is 0 Å². The molecule has 4 bridgehead atoms. The molecule has 0 saturated heterocycles. The highest BCUT2D eigenvalue weighted by Crippen LogP contribution is 2.59. The van der Waals surface area contributed by atoms with Crippen LogP contribution >= 0.6 is 0 Å². The molecule has 4 fully saturated rings. The molecule has 1 N–H and O–H groups in total. The van der Waals surface area contributed by atoms with Gasteiger partial charge >= 0.3 is 0 Å². The molecule has 29 heavy (non-hydrogen) atoms. The van der Waals surface area contributed by atoms with Gasteiger partial charge in [0.2, 0.25) is 0 Å². The zero-order valence-corrected chi connectivity index (χ0v) is 16.2. The first-order valence-electron chi connectivity index (χ1n) is 10.4. The second-order valence-corrected chi connectivity index (χ2v) is 9.19. The van der Waals surface area contributed by atoms with Crippen LogP contribution in [0.1, 0.15) is 49.0 Å². The number of carbonyl (C=O) groups excluding carboxylic acids is 1. The third-order valence-electron chi connectivity index (χ3n) is 6.91. The Balaban J connectivity index is 1.17. The second kappa shape index (κ2) is 7.11. The number of hydrogen-bond acceptors (Lipinski definition) is 3. The number of aromatic nitrogens is 2. The third kappa shape index (κ3) is 3.74. The van der Waals surface area contributed by atoms with E-state index in [0.717, 1.165) is 36.4 Å². The van der Waals surface area contributed by atoms with Crippen LogP contribution in [0.4, 0.5) is 8.78 Å². The first-order valence-corrected chi connectivity index (χ1v) is 10.4. The van der Waals surface area contributed by atoms with E-state index in [9.17, 15) is 13.6 Å². The minimum atomic E-state index is -0.773. The SMILES string of the molecule is O=C(NCC12CC3CC(CC(C3)C1)C2)c1ccn(COc2ccc(F)cc2F)n1. The average molecular weight is 401 g/mol. The Morgan fingerprint density at radius 3 is 2.48 bits per heavy atom. The summed E-state index contributed by atoms with van der Waals surface area (Å²) in [7, 11) is 0. The Bertz CT molecular complexity index is 891. The summed E-state index contributed by atoms with van der Waals surface area (Å²) in [6, 6.07) is 4.75. The van der Waals surface area contributed by atoms with Gasteiger partial charge in [-0.1, -0.05) is 0 Å². The summed E-state index contributed by atoms with van der Waals surface area (Å²) in [5.74, 6) is 0.865. The highest BCUT2D eigenvalue weighted by Gasteiger charge is 2.50. The molecule has 7 heteroatoms. The molecule has 1 aromatic heterocycles. The number of halogens is 2. The maximum atomic E-state index is 13.6. The van der Waals surface area contributed by atoms with Crippen LogP contribution < -0.4 is 10.1 Å². The van der Waals surface area contributed by atoms with Crippen molar-refractivity contribution in [2.24, 2.45) is 23.2 Å². The quantitative estimate of drug-likeness (QED) is 0.791. The summed E-state index contributed by atoms with van der Waals surface area (Å²) in [4.78, 5) is 12.6. The lowest BCUT2D eigenvalue weighted by Crippen LogP contribution is -2.51.